The number of likely N-dealkylation sites (tertiary alicyclic amines) is 1. The Balaban J connectivity index is 1.64. The van der Waals surface area contributed by atoms with Crippen molar-refractivity contribution in [1.82, 2.24) is 15.2 Å². The fraction of sp³-hybridized carbons (Fsp3) is 0.643. The zero-order chi connectivity index (χ0) is 13.5. The second-order valence-corrected chi connectivity index (χ2v) is 5.07. The van der Waals surface area contributed by atoms with Gasteiger partial charge in [0.15, 0.2) is 0 Å². The van der Waals surface area contributed by atoms with Crippen molar-refractivity contribution in [1.29, 1.82) is 0 Å². The molecule has 1 amide bonds. The molecular formula is C14H23N3O2. The minimum atomic E-state index is -0.00758. The van der Waals surface area contributed by atoms with Crippen LogP contribution in [0.15, 0.2) is 18.3 Å². The van der Waals surface area contributed by atoms with Crippen LogP contribution in [0.3, 0.4) is 0 Å². The molecule has 1 aromatic heterocycles. The highest BCUT2D eigenvalue weighted by atomic mass is 16.5. The van der Waals surface area contributed by atoms with E-state index in [1.165, 1.54) is 0 Å². The quantitative estimate of drug-likeness (QED) is 0.810. The van der Waals surface area contributed by atoms with Gasteiger partial charge >= 0.3 is 0 Å². The number of rotatable bonds is 6. The van der Waals surface area contributed by atoms with Gasteiger partial charge in [-0.15, -0.1) is 0 Å². The highest BCUT2D eigenvalue weighted by Gasteiger charge is 2.19. The first kappa shape index (κ1) is 14.1. The Morgan fingerprint density at radius 1 is 1.53 bits per heavy atom. The third kappa shape index (κ3) is 4.36. The van der Waals surface area contributed by atoms with E-state index in [1.807, 2.05) is 6.07 Å². The predicted molar refractivity (Wildman–Crippen MR) is 74.2 cm³/mol. The van der Waals surface area contributed by atoms with E-state index < -0.39 is 0 Å². The van der Waals surface area contributed by atoms with Crippen molar-refractivity contribution in [3.63, 3.8) is 0 Å². The van der Waals surface area contributed by atoms with Crippen molar-refractivity contribution in [3.05, 3.63) is 24.0 Å². The lowest BCUT2D eigenvalue weighted by Crippen LogP contribution is -2.39. The van der Waals surface area contributed by atoms with Crippen LogP contribution in [0.5, 0.6) is 0 Å². The molecular weight excluding hydrogens is 242 g/mol. The first-order valence-electron chi connectivity index (χ1n) is 6.92. The molecule has 0 bridgehead atoms. The molecule has 106 valence electrons. The largest absolute Gasteiger partial charge is 0.383 e. The number of aromatic nitrogens is 1. The number of hydrogen-bond donors (Lipinski definition) is 2. The van der Waals surface area contributed by atoms with Crippen molar-refractivity contribution >= 4 is 5.91 Å². The summed E-state index contributed by atoms with van der Waals surface area (Å²) in [6.07, 6.45) is 4.06. The molecule has 5 nitrogen and oxygen atoms in total. The van der Waals surface area contributed by atoms with Crippen LogP contribution in [0.2, 0.25) is 0 Å². The molecule has 0 aliphatic carbocycles. The van der Waals surface area contributed by atoms with Gasteiger partial charge in [-0.2, -0.15) is 0 Å². The lowest BCUT2D eigenvalue weighted by atomic mass is 9.97. The monoisotopic (exact) mass is 265 g/mol. The van der Waals surface area contributed by atoms with Crippen LogP contribution in [-0.2, 0) is 4.74 Å². The number of methoxy groups -OCH3 is 1. The lowest BCUT2D eigenvalue weighted by molar-refractivity contribution is 0.0922. The van der Waals surface area contributed by atoms with Crippen molar-refractivity contribution in [3.8, 4) is 0 Å². The molecule has 1 aliphatic heterocycles. The Bertz CT molecular complexity index is 370. The van der Waals surface area contributed by atoms with Gasteiger partial charge in [-0.05, 0) is 44.0 Å². The van der Waals surface area contributed by atoms with E-state index in [0.717, 1.165) is 45.6 Å². The number of carbonyl (C=O) groups is 1. The van der Waals surface area contributed by atoms with E-state index in [2.05, 4.69) is 15.2 Å². The van der Waals surface area contributed by atoms with Gasteiger partial charge in [-0.1, -0.05) is 0 Å². The summed E-state index contributed by atoms with van der Waals surface area (Å²) in [6.45, 7) is 4.79. The maximum Gasteiger partial charge on any atom is 0.267 e. The Morgan fingerprint density at radius 2 is 2.32 bits per heavy atom. The number of carbonyl (C=O) groups excluding carboxylic acids is 1. The van der Waals surface area contributed by atoms with E-state index >= 15 is 0 Å². The smallest absolute Gasteiger partial charge is 0.267 e. The van der Waals surface area contributed by atoms with Gasteiger partial charge in [0.1, 0.15) is 5.69 Å². The molecule has 2 heterocycles. The zero-order valence-electron chi connectivity index (χ0n) is 11.5. The fourth-order valence-corrected chi connectivity index (χ4v) is 2.44. The normalized spacial score (nSPS) is 17.5. The van der Waals surface area contributed by atoms with Crippen molar-refractivity contribution < 1.29 is 9.53 Å². The highest BCUT2D eigenvalue weighted by molar-refractivity contribution is 5.92. The van der Waals surface area contributed by atoms with Gasteiger partial charge in [0, 0.05) is 26.4 Å². The summed E-state index contributed by atoms with van der Waals surface area (Å²) in [5.74, 6) is 0.588. The number of amides is 1. The summed E-state index contributed by atoms with van der Waals surface area (Å²) < 4.78 is 5.09. The first-order valence-corrected chi connectivity index (χ1v) is 6.92. The van der Waals surface area contributed by atoms with Gasteiger partial charge in [-0.25, -0.2) is 0 Å². The maximum absolute atomic E-state index is 11.8. The summed E-state index contributed by atoms with van der Waals surface area (Å²) >= 11 is 0. The molecule has 0 aromatic carbocycles. The molecule has 2 N–H and O–H groups in total. The average Bonchev–Trinajstić information content (AvgIpc) is 2.98. The molecule has 1 aromatic rings. The van der Waals surface area contributed by atoms with E-state index in [9.17, 15) is 4.79 Å². The number of aromatic amines is 1. The molecule has 2 rings (SSSR count). The van der Waals surface area contributed by atoms with Gasteiger partial charge in [0.2, 0.25) is 0 Å². The second-order valence-electron chi connectivity index (χ2n) is 5.07. The molecule has 1 aliphatic rings. The number of hydrogen-bond acceptors (Lipinski definition) is 3. The molecule has 5 heteroatoms. The third-order valence-electron chi connectivity index (χ3n) is 3.71. The van der Waals surface area contributed by atoms with E-state index in [4.69, 9.17) is 4.74 Å². The number of nitrogens with zero attached hydrogens (tertiary/aromatic N) is 1. The number of H-pyrrole nitrogens is 1. The van der Waals surface area contributed by atoms with Crippen molar-refractivity contribution in [2.24, 2.45) is 5.92 Å². The minimum Gasteiger partial charge on any atom is -0.383 e. The molecule has 1 fully saturated rings. The average molecular weight is 265 g/mol. The Hall–Kier alpha value is -1.33. The number of piperidine rings is 1. The molecule has 0 spiro atoms. The Labute approximate surface area is 114 Å². The van der Waals surface area contributed by atoms with Crippen LogP contribution >= 0.6 is 0 Å². The standard InChI is InChI=1S/C14H23N3O2/c1-19-10-9-17-7-4-12(5-8-17)11-16-14(18)13-3-2-6-15-13/h2-3,6,12,15H,4-5,7-11H2,1H3,(H,16,18). The SMILES string of the molecule is COCCN1CCC(CNC(=O)c2ccc[nH]2)CC1. The second kappa shape index (κ2) is 7.31. The molecule has 0 atom stereocenters. The fourth-order valence-electron chi connectivity index (χ4n) is 2.44. The van der Waals surface area contributed by atoms with E-state index in [-0.39, 0.29) is 5.91 Å². The van der Waals surface area contributed by atoms with Crippen LogP contribution in [-0.4, -0.2) is 55.7 Å². The summed E-state index contributed by atoms with van der Waals surface area (Å²) in [6, 6.07) is 3.63. The molecule has 0 saturated carbocycles. The Morgan fingerprint density at radius 3 is 2.95 bits per heavy atom. The van der Waals surface area contributed by atoms with Crippen LogP contribution in [0.1, 0.15) is 23.3 Å². The third-order valence-corrected chi connectivity index (χ3v) is 3.71. The molecule has 0 radical (unpaired) electrons. The summed E-state index contributed by atoms with van der Waals surface area (Å²) in [4.78, 5) is 17.1. The van der Waals surface area contributed by atoms with Gasteiger partial charge < -0.3 is 19.9 Å². The number of ether oxygens (including phenoxy) is 1. The predicted octanol–water partition coefficient (Wildman–Crippen LogP) is 1.10. The van der Waals surface area contributed by atoms with Crippen molar-refractivity contribution in [2.75, 3.05) is 39.9 Å². The zero-order valence-corrected chi connectivity index (χ0v) is 11.5. The highest BCUT2D eigenvalue weighted by Crippen LogP contribution is 2.16. The van der Waals surface area contributed by atoms with Crippen molar-refractivity contribution in [2.45, 2.75) is 12.8 Å². The van der Waals surface area contributed by atoms with Gasteiger partial charge in [0.05, 0.1) is 6.61 Å². The minimum absolute atomic E-state index is 0.00758. The summed E-state index contributed by atoms with van der Waals surface area (Å²) in [7, 11) is 1.74. The number of nitrogens with one attached hydrogen (secondary N) is 2. The van der Waals surface area contributed by atoms with Crippen LogP contribution < -0.4 is 5.32 Å². The van der Waals surface area contributed by atoms with E-state index in [1.54, 1.807) is 19.4 Å². The molecule has 1 saturated heterocycles. The van der Waals surface area contributed by atoms with E-state index in [0.29, 0.717) is 11.6 Å². The summed E-state index contributed by atoms with van der Waals surface area (Å²) in [5.41, 5.74) is 0.637. The van der Waals surface area contributed by atoms with Gasteiger partial charge in [-0.3, -0.25) is 4.79 Å². The topological polar surface area (TPSA) is 57.4 Å². The van der Waals surface area contributed by atoms with Crippen LogP contribution in [0.25, 0.3) is 0 Å². The van der Waals surface area contributed by atoms with Crippen LogP contribution in [0, 0.1) is 5.92 Å². The van der Waals surface area contributed by atoms with Crippen LogP contribution in [0.4, 0.5) is 0 Å². The summed E-state index contributed by atoms with van der Waals surface area (Å²) in [5, 5.41) is 3.00. The van der Waals surface area contributed by atoms with Gasteiger partial charge in [0.25, 0.3) is 5.91 Å². The lowest BCUT2D eigenvalue weighted by Gasteiger charge is -2.31. The Kier molecular flexibility index (Phi) is 5.42. The molecule has 19 heavy (non-hydrogen) atoms. The first-order chi connectivity index (χ1) is 9.29. The molecule has 0 unspecified atom stereocenters. The maximum atomic E-state index is 11.8.